The van der Waals surface area contributed by atoms with Gasteiger partial charge >= 0.3 is 0 Å². The average Bonchev–Trinajstić information content (AvgIpc) is 1.88. The fraction of sp³-hybridized carbons (Fsp3) is 0.333. The summed E-state index contributed by atoms with van der Waals surface area (Å²) in [6, 6.07) is 0. The third-order valence-corrected chi connectivity index (χ3v) is 1.02. The Labute approximate surface area is 59.2 Å². The van der Waals surface area contributed by atoms with Gasteiger partial charge in [-0.2, -0.15) is 0 Å². The molecule has 0 aromatic carbocycles. The van der Waals surface area contributed by atoms with Gasteiger partial charge in [-0.3, -0.25) is 0 Å². The molecule has 0 amide bonds. The van der Waals surface area contributed by atoms with Gasteiger partial charge in [0, 0.05) is 14.1 Å². The van der Waals surface area contributed by atoms with Crippen LogP contribution in [0.25, 0.3) is 0 Å². The van der Waals surface area contributed by atoms with Gasteiger partial charge in [-0.15, -0.1) is 0 Å². The number of rotatable bonds is 1. The maximum Gasteiger partial charge on any atom is 0.224 e. The molecule has 0 spiro atoms. The van der Waals surface area contributed by atoms with Crippen molar-refractivity contribution >= 4 is 5.95 Å². The third-order valence-electron chi connectivity index (χ3n) is 1.02. The lowest BCUT2D eigenvalue weighted by molar-refractivity contribution is 0.469. The molecule has 0 aliphatic carbocycles. The monoisotopic (exact) mass is 139 g/mol. The summed E-state index contributed by atoms with van der Waals surface area (Å²) >= 11 is 0. The van der Waals surface area contributed by atoms with E-state index in [4.69, 9.17) is 5.11 Å². The third kappa shape index (κ3) is 1.34. The molecule has 0 aliphatic heterocycles. The summed E-state index contributed by atoms with van der Waals surface area (Å²) in [5.41, 5.74) is 0. The van der Waals surface area contributed by atoms with E-state index in [9.17, 15) is 0 Å². The lowest BCUT2D eigenvalue weighted by atomic mass is 10.6. The molecule has 1 rings (SSSR count). The van der Waals surface area contributed by atoms with E-state index in [1.807, 2.05) is 14.1 Å². The molecule has 0 saturated heterocycles. The van der Waals surface area contributed by atoms with Gasteiger partial charge < -0.3 is 10.0 Å². The van der Waals surface area contributed by atoms with Crippen LogP contribution >= 0.6 is 0 Å². The molecule has 0 aliphatic rings. The Kier molecular flexibility index (Phi) is 1.71. The first-order valence-corrected chi connectivity index (χ1v) is 2.88. The van der Waals surface area contributed by atoms with Crippen LogP contribution in [-0.4, -0.2) is 29.2 Å². The van der Waals surface area contributed by atoms with Crippen molar-refractivity contribution in [3.8, 4) is 5.75 Å². The van der Waals surface area contributed by atoms with Crippen LogP contribution in [0, 0.1) is 0 Å². The van der Waals surface area contributed by atoms with Crippen molar-refractivity contribution in [2.75, 3.05) is 19.0 Å². The molecule has 10 heavy (non-hydrogen) atoms. The van der Waals surface area contributed by atoms with E-state index in [2.05, 4.69) is 9.97 Å². The highest BCUT2D eigenvalue weighted by atomic mass is 16.3. The zero-order chi connectivity index (χ0) is 7.56. The smallest absolute Gasteiger partial charge is 0.224 e. The molecule has 0 fully saturated rings. The Morgan fingerprint density at radius 1 is 1.30 bits per heavy atom. The summed E-state index contributed by atoms with van der Waals surface area (Å²) in [5, 5.41) is 8.79. The Morgan fingerprint density at radius 3 is 2.20 bits per heavy atom. The standard InChI is InChI=1S/C6H9N3O/c1-9(2)6-7-3-5(10)4-8-6/h3-4,10H,1-2H3. The SMILES string of the molecule is CN(C)c1ncc(O)cn1. The van der Waals surface area contributed by atoms with Gasteiger partial charge in [-0.05, 0) is 0 Å². The fourth-order valence-corrected chi connectivity index (χ4v) is 0.545. The van der Waals surface area contributed by atoms with Gasteiger partial charge in [0.1, 0.15) is 0 Å². The molecule has 54 valence electrons. The predicted molar refractivity (Wildman–Crippen MR) is 38.0 cm³/mol. The molecule has 0 bridgehead atoms. The quantitative estimate of drug-likeness (QED) is 0.605. The van der Waals surface area contributed by atoms with Crippen LogP contribution in [0.4, 0.5) is 5.95 Å². The van der Waals surface area contributed by atoms with Crippen molar-refractivity contribution in [2.45, 2.75) is 0 Å². The van der Waals surface area contributed by atoms with E-state index >= 15 is 0 Å². The highest BCUT2D eigenvalue weighted by Gasteiger charge is 1.95. The summed E-state index contributed by atoms with van der Waals surface area (Å²) < 4.78 is 0. The molecule has 1 heterocycles. The zero-order valence-electron chi connectivity index (χ0n) is 5.94. The molecule has 0 radical (unpaired) electrons. The molecule has 1 N–H and O–H groups in total. The molecule has 4 heteroatoms. The lowest BCUT2D eigenvalue weighted by Gasteiger charge is -2.07. The van der Waals surface area contributed by atoms with E-state index in [0.717, 1.165) is 0 Å². The number of nitrogens with zero attached hydrogens (tertiary/aromatic N) is 3. The number of aromatic nitrogens is 2. The second-order valence-electron chi connectivity index (χ2n) is 2.14. The van der Waals surface area contributed by atoms with Gasteiger partial charge in [0.05, 0.1) is 12.4 Å². The number of anilines is 1. The number of hydrogen-bond acceptors (Lipinski definition) is 4. The van der Waals surface area contributed by atoms with Crippen molar-refractivity contribution in [2.24, 2.45) is 0 Å². The zero-order valence-corrected chi connectivity index (χ0v) is 5.94. The second kappa shape index (κ2) is 2.51. The topological polar surface area (TPSA) is 49.2 Å². The van der Waals surface area contributed by atoms with E-state index in [1.54, 1.807) is 4.90 Å². The largest absolute Gasteiger partial charge is 0.505 e. The summed E-state index contributed by atoms with van der Waals surface area (Å²) in [6.07, 6.45) is 2.73. The highest BCUT2D eigenvalue weighted by molar-refractivity contribution is 5.27. The average molecular weight is 139 g/mol. The predicted octanol–water partition coefficient (Wildman–Crippen LogP) is 0.248. The maximum atomic E-state index is 8.79. The van der Waals surface area contributed by atoms with Crippen LogP contribution in [0.1, 0.15) is 0 Å². The first-order valence-electron chi connectivity index (χ1n) is 2.88. The van der Waals surface area contributed by atoms with E-state index in [1.165, 1.54) is 12.4 Å². The Balaban J connectivity index is 2.89. The van der Waals surface area contributed by atoms with E-state index in [0.29, 0.717) is 5.95 Å². The first-order chi connectivity index (χ1) is 4.70. The second-order valence-corrected chi connectivity index (χ2v) is 2.14. The summed E-state index contributed by atoms with van der Waals surface area (Å²) in [4.78, 5) is 9.45. The minimum Gasteiger partial charge on any atom is -0.505 e. The Morgan fingerprint density at radius 2 is 1.80 bits per heavy atom. The summed E-state index contributed by atoms with van der Waals surface area (Å²) in [7, 11) is 3.68. The van der Waals surface area contributed by atoms with Crippen LogP contribution in [0.5, 0.6) is 5.75 Å². The molecular formula is C6H9N3O. The van der Waals surface area contributed by atoms with Gasteiger partial charge in [-0.1, -0.05) is 0 Å². The summed E-state index contributed by atoms with van der Waals surface area (Å²) in [5.74, 6) is 0.684. The summed E-state index contributed by atoms with van der Waals surface area (Å²) in [6.45, 7) is 0. The Bertz CT molecular complexity index is 207. The minimum atomic E-state index is 0.0885. The molecular weight excluding hydrogens is 130 g/mol. The number of hydrogen-bond donors (Lipinski definition) is 1. The lowest BCUT2D eigenvalue weighted by Crippen LogP contribution is -2.11. The molecule has 0 unspecified atom stereocenters. The van der Waals surface area contributed by atoms with Gasteiger partial charge in [-0.25, -0.2) is 9.97 Å². The van der Waals surface area contributed by atoms with Gasteiger partial charge in [0.2, 0.25) is 5.95 Å². The van der Waals surface area contributed by atoms with Crippen molar-refractivity contribution < 1.29 is 5.11 Å². The van der Waals surface area contributed by atoms with Gasteiger partial charge in [0.25, 0.3) is 0 Å². The van der Waals surface area contributed by atoms with Crippen LogP contribution < -0.4 is 4.90 Å². The molecule has 1 aromatic rings. The van der Waals surface area contributed by atoms with E-state index in [-0.39, 0.29) is 5.75 Å². The van der Waals surface area contributed by atoms with Crippen molar-refractivity contribution in [3.63, 3.8) is 0 Å². The van der Waals surface area contributed by atoms with E-state index < -0.39 is 0 Å². The molecule has 0 atom stereocenters. The molecule has 0 saturated carbocycles. The van der Waals surface area contributed by atoms with Crippen molar-refractivity contribution in [1.29, 1.82) is 0 Å². The fourth-order valence-electron chi connectivity index (χ4n) is 0.545. The highest BCUT2D eigenvalue weighted by Crippen LogP contribution is 2.06. The normalized spacial score (nSPS) is 9.40. The van der Waals surface area contributed by atoms with Crippen LogP contribution in [0.2, 0.25) is 0 Å². The minimum absolute atomic E-state index is 0.0885. The first kappa shape index (κ1) is 6.80. The molecule has 4 nitrogen and oxygen atoms in total. The van der Waals surface area contributed by atoms with Crippen LogP contribution in [0.3, 0.4) is 0 Å². The number of aromatic hydroxyl groups is 1. The van der Waals surface area contributed by atoms with Crippen molar-refractivity contribution in [3.05, 3.63) is 12.4 Å². The molecule has 1 aromatic heterocycles. The Hall–Kier alpha value is -1.32. The van der Waals surface area contributed by atoms with Crippen LogP contribution in [-0.2, 0) is 0 Å². The van der Waals surface area contributed by atoms with Crippen molar-refractivity contribution in [1.82, 2.24) is 9.97 Å². The van der Waals surface area contributed by atoms with Gasteiger partial charge in [0.15, 0.2) is 5.75 Å². The van der Waals surface area contributed by atoms with Crippen LogP contribution in [0.15, 0.2) is 12.4 Å². The maximum absolute atomic E-state index is 8.79.